The first kappa shape index (κ1) is 10.8. The van der Waals surface area contributed by atoms with Crippen LogP contribution in [0.15, 0.2) is 18.2 Å². The van der Waals surface area contributed by atoms with Gasteiger partial charge in [0.1, 0.15) is 0 Å². The van der Waals surface area contributed by atoms with Crippen LogP contribution >= 0.6 is 0 Å². The van der Waals surface area contributed by atoms with Crippen LogP contribution in [0.5, 0.6) is 0 Å². The number of Topliss-reactive ketones (excluding diaryl/α,β-unsaturated/α-hetero) is 1. The van der Waals surface area contributed by atoms with Gasteiger partial charge in [-0.1, -0.05) is 13.8 Å². The van der Waals surface area contributed by atoms with Gasteiger partial charge < -0.3 is 5.73 Å². The van der Waals surface area contributed by atoms with Gasteiger partial charge in [0, 0.05) is 17.2 Å². The van der Waals surface area contributed by atoms with Gasteiger partial charge in [-0.25, -0.2) is 0 Å². The topological polar surface area (TPSA) is 43.1 Å². The van der Waals surface area contributed by atoms with E-state index in [2.05, 4.69) is 0 Å². The molecule has 0 aliphatic carbocycles. The molecule has 1 atom stereocenters. The molecule has 0 heterocycles. The fourth-order valence-electron chi connectivity index (χ4n) is 1.41. The Morgan fingerprint density at radius 3 is 2.64 bits per heavy atom. The Hall–Kier alpha value is -1.31. The summed E-state index contributed by atoms with van der Waals surface area (Å²) in [5.41, 5.74) is 8.10. The zero-order valence-electron chi connectivity index (χ0n) is 9.00. The Bertz CT molecular complexity index is 344. The number of ketones is 1. The standard InChI is InChI=1S/C12H17NO/c1-4-8(2)12(14)11-6-5-10(13)7-9(11)3/h5-8H,4,13H2,1-3H3. The van der Waals surface area contributed by atoms with E-state index in [1.165, 1.54) is 0 Å². The van der Waals surface area contributed by atoms with Crippen LogP contribution in [0, 0.1) is 12.8 Å². The Morgan fingerprint density at radius 1 is 1.50 bits per heavy atom. The van der Waals surface area contributed by atoms with E-state index < -0.39 is 0 Å². The van der Waals surface area contributed by atoms with Crippen molar-refractivity contribution in [2.24, 2.45) is 5.92 Å². The SMILES string of the molecule is CCC(C)C(=O)c1ccc(N)cc1C. The first-order valence-corrected chi connectivity index (χ1v) is 4.96. The van der Waals surface area contributed by atoms with Crippen LogP contribution in [0.2, 0.25) is 0 Å². The lowest BCUT2D eigenvalue weighted by Crippen LogP contribution is -2.11. The van der Waals surface area contributed by atoms with Crippen molar-refractivity contribution >= 4 is 11.5 Å². The van der Waals surface area contributed by atoms with Crippen LogP contribution in [-0.2, 0) is 0 Å². The largest absolute Gasteiger partial charge is 0.399 e. The quantitative estimate of drug-likeness (QED) is 0.589. The van der Waals surface area contributed by atoms with E-state index in [0.29, 0.717) is 5.69 Å². The van der Waals surface area contributed by atoms with Crippen molar-refractivity contribution in [1.82, 2.24) is 0 Å². The third-order valence-electron chi connectivity index (χ3n) is 2.58. The van der Waals surface area contributed by atoms with Crippen LogP contribution < -0.4 is 5.73 Å². The van der Waals surface area contributed by atoms with Crippen LogP contribution in [0.1, 0.15) is 36.2 Å². The number of anilines is 1. The number of aryl methyl sites for hydroxylation is 1. The minimum absolute atomic E-state index is 0.0947. The van der Waals surface area contributed by atoms with Gasteiger partial charge in [-0.2, -0.15) is 0 Å². The number of nitrogens with two attached hydrogens (primary N) is 1. The molecule has 0 bridgehead atoms. The van der Waals surface area contributed by atoms with Crippen molar-refractivity contribution in [2.75, 3.05) is 5.73 Å². The van der Waals surface area contributed by atoms with E-state index in [1.54, 1.807) is 6.07 Å². The van der Waals surface area contributed by atoms with Gasteiger partial charge in [-0.3, -0.25) is 4.79 Å². The number of nitrogen functional groups attached to an aromatic ring is 1. The van der Waals surface area contributed by atoms with E-state index in [-0.39, 0.29) is 11.7 Å². The van der Waals surface area contributed by atoms with Gasteiger partial charge in [-0.05, 0) is 37.1 Å². The molecule has 1 unspecified atom stereocenters. The summed E-state index contributed by atoms with van der Waals surface area (Å²) in [7, 11) is 0. The molecule has 0 saturated heterocycles. The van der Waals surface area contributed by atoms with Gasteiger partial charge in [0.15, 0.2) is 5.78 Å². The Morgan fingerprint density at radius 2 is 2.14 bits per heavy atom. The smallest absolute Gasteiger partial charge is 0.165 e. The van der Waals surface area contributed by atoms with E-state index in [0.717, 1.165) is 17.5 Å². The third kappa shape index (κ3) is 2.13. The van der Waals surface area contributed by atoms with Crippen molar-refractivity contribution in [3.8, 4) is 0 Å². The lowest BCUT2D eigenvalue weighted by Gasteiger charge is -2.10. The highest BCUT2D eigenvalue weighted by molar-refractivity contribution is 5.99. The van der Waals surface area contributed by atoms with E-state index >= 15 is 0 Å². The average Bonchev–Trinajstić information content (AvgIpc) is 2.15. The summed E-state index contributed by atoms with van der Waals surface area (Å²) in [4.78, 5) is 11.9. The third-order valence-corrected chi connectivity index (χ3v) is 2.58. The summed E-state index contributed by atoms with van der Waals surface area (Å²) in [6.45, 7) is 5.90. The predicted octanol–water partition coefficient (Wildman–Crippen LogP) is 2.81. The number of benzene rings is 1. The second-order valence-corrected chi connectivity index (χ2v) is 3.75. The molecule has 0 radical (unpaired) electrons. The molecular formula is C12H17NO. The normalized spacial score (nSPS) is 12.5. The maximum absolute atomic E-state index is 11.9. The van der Waals surface area contributed by atoms with Crippen LogP contribution in [0.25, 0.3) is 0 Å². The van der Waals surface area contributed by atoms with Crippen molar-refractivity contribution in [2.45, 2.75) is 27.2 Å². The minimum atomic E-state index is 0.0947. The lowest BCUT2D eigenvalue weighted by molar-refractivity contribution is 0.0926. The van der Waals surface area contributed by atoms with E-state index in [4.69, 9.17) is 5.73 Å². The van der Waals surface area contributed by atoms with Gasteiger partial charge >= 0.3 is 0 Å². The average molecular weight is 191 g/mol. The van der Waals surface area contributed by atoms with Crippen molar-refractivity contribution in [3.63, 3.8) is 0 Å². The summed E-state index contributed by atoms with van der Waals surface area (Å²) < 4.78 is 0. The van der Waals surface area contributed by atoms with Crippen LogP contribution in [0.3, 0.4) is 0 Å². The zero-order valence-corrected chi connectivity index (χ0v) is 9.00. The molecule has 1 rings (SSSR count). The molecular weight excluding hydrogens is 174 g/mol. The number of rotatable bonds is 3. The van der Waals surface area contributed by atoms with E-state index in [1.807, 2.05) is 32.9 Å². The molecule has 0 aromatic heterocycles. The molecule has 1 aromatic rings. The molecule has 0 aliphatic heterocycles. The first-order valence-electron chi connectivity index (χ1n) is 4.96. The van der Waals surface area contributed by atoms with Gasteiger partial charge in [0.25, 0.3) is 0 Å². The fourth-order valence-corrected chi connectivity index (χ4v) is 1.41. The molecule has 76 valence electrons. The van der Waals surface area contributed by atoms with E-state index in [9.17, 15) is 4.79 Å². The summed E-state index contributed by atoms with van der Waals surface area (Å²) >= 11 is 0. The molecule has 0 amide bonds. The highest BCUT2D eigenvalue weighted by Gasteiger charge is 2.14. The Kier molecular flexibility index (Phi) is 3.28. The molecule has 0 fully saturated rings. The second-order valence-electron chi connectivity index (χ2n) is 3.75. The second kappa shape index (κ2) is 4.27. The first-order chi connectivity index (χ1) is 6.56. The monoisotopic (exact) mass is 191 g/mol. The molecule has 1 aromatic carbocycles. The Labute approximate surface area is 85.1 Å². The highest BCUT2D eigenvalue weighted by Crippen LogP contribution is 2.17. The maximum Gasteiger partial charge on any atom is 0.165 e. The molecule has 0 spiro atoms. The summed E-state index contributed by atoms with van der Waals surface area (Å²) in [6.07, 6.45) is 0.878. The van der Waals surface area contributed by atoms with Crippen LogP contribution in [0.4, 0.5) is 5.69 Å². The number of carbonyl (C=O) groups excluding carboxylic acids is 1. The molecule has 2 N–H and O–H groups in total. The summed E-state index contributed by atoms with van der Waals surface area (Å²) in [5, 5.41) is 0. The van der Waals surface area contributed by atoms with Gasteiger partial charge in [0.2, 0.25) is 0 Å². The fraction of sp³-hybridized carbons (Fsp3) is 0.417. The number of hydrogen-bond donors (Lipinski definition) is 1. The maximum atomic E-state index is 11.9. The number of hydrogen-bond acceptors (Lipinski definition) is 2. The molecule has 2 nitrogen and oxygen atoms in total. The Balaban J connectivity index is 3.02. The predicted molar refractivity (Wildman–Crippen MR) is 59.4 cm³/mol. The lowest BCUT2D eigenvalue weighted by atomic mass is 9.94. The van der Waals surface area contributed by atoms with Crippen molar-refractivity contribution in [1.29, 1.82) is 0 Å². The minimum Gasteiger partial charge on any atom is -0.399 e. The van der Waals surface area contributed by atoms with Crippen molar-refractivity contribution < 1.29 is 4.79 Å². The molecule has 0 saturated carbocycles. The van der Waals surface area contributed by atoms with Gasteiger partial charge in [-0.15, -0.1) is 0 Å². The zero-order chi connectivity index (χ0) is 10.7. The van der Waals surface area contributed by atoms with Crippen LogP contribution in [-0.4, -0.2) is 5.78 Å². The molecule has 0 aliphatic rings. The summed E-state index contributed by atoms with van der Waals surface area (Å²) in [6, 6.07) is 5.44. The number of carbonyl (C=O) groups is 1. The highest BCUT2D eigenvalue weighted by atomic mass is 16.1. The van der Waals surface area contributed by atoms with Crippen molar-refractivity contribution in [3.05, 3.63) is 29.3 Å². The molecule has 14 heavy (non-hydrogen) atoms. The molecule has 2 heteroatoms. The van der Waals surface area contributed by atoms with Gasteiger partial charge in [0.05, 0.1) is 0 Å². The summed E-state index contributed by atoms with van der Waals surface area (Å²) in [5.74, 6) is 0.308.